The lowest BCUT2D eigenvalue weighted by molar-refractivity contribution is -0.137. The molecule has 3 saturated carbocycles. The second-order valence-corrected chi connectivity index (χ2v) is 6.51. The summed E-state index contributed by atoms with van der Waals surface area (Å²) in [6, 6.07) is 0. The fourth-order valence-corrected chi connectivity index (χ4v) is 5.69. The molecule has 0 bridgehead atoms. The maximum atomic E-state index is 12.0. The zero-order valence-electron chi connectivity index (χ0n) is 9.55. The summed E-state index contributed by atoms with van der Waals surface area (Å²) < 4.78 is 0. The Morgan fingerprint density at radius 1 is 1.47 bits per heavy atom. The van der Waals surface area contributed by atoms with Crippen LogP contribution >= 0.6 is 0 Å². The molecule has 5 atom stereocenters. The molecule has 1 heteroatoms. The van der Waals surface area contributed by atoms with E-state index in [2.05, 4.69) is 19.9 Å². The van der Waals surface area contributed by atoms with E-state index in [0.29, 0.717) is 34.4 Å². The Hall–Kier alpha value is -0.590. The van der Waals surface area contributed by atoms with Crippen LogP contribution in [-0.4, -0.2) is 5.78 Å². The van der Waals surface area contributed by atoms with Crippen LogP contribution in [-0.2, 0) is 4.79 Å². The Morgan fingerprint density at radius 3 is 3.07 bits per heavy atom. The molecule has 4 rings (SSSR count). The van der Waals surface area contributed by atoms with Crippen LogP contribution in [0.5, 0.6) is 0 Å². The Kier molecular flexibility index (Phi) is 1.19. The summed E-state index contributed by atoms with van der Waals surface area (Å²) >= 11 is 0. The summed E-state index contributed by atoms with van der Waals surface area (Å²) in [5.41, 5.74) is 2.53. The zero-order chi connectivity index (χ0) is 10.4. The highest BCUT2D eigenvalue weighted by Crippen LogP contribution is 2.81. The number of rotatable bonds is 0. The third-order valence-corrected chi connectivity index (χ3v) is 6.17. The molecule has 1 nitrogen and oxygen atoms in total. The third kappa shape index (κ3) is 0.612. The molecule has 4 aliphatic carbocycles. The summed E-state index contributed by atoms with van der Waals surface area (Å²) in [5.74, 6) is 2.34. The van der Waals surface area contributed by atoms with Crippen LogP contribution in [0.15, 0.2) is 11.6 Å². The van der Waals surface area contributed by atoms with E-state index in [4.69, 9.17) is 0 Å². The molecule has 2 unspecified atom stereocenters. The van der Waals surface area contributed by atoms with Crippen molar-refractivity contribution in [2.24, 2.45) is 28.6 Å². The maximum Gasteiger partial charge on any atom is 0.137 e. The van der Waals surface area contributed by atoms with Gasteiger partial charge in [-0.05, 0) is 36.5 Å². The second kappa shape index (κ2) is 2.09. The van der Waals surface area contributed by atoms with Crippen molar-refractivity contribution >= 4 is 5.78 Å². The van der Waals surface area contributed by atoms with Gasteiger partial charge in [0.05, 0.1) is 0 Å². The second-order valence-electron chi connectivity index (χ2n) is 6.51. The number of allylic oxidation sites excluding steroid dienone is 2. The molecular formula is C14H18O. The minimum Gasteiger partial charge on any atom is -0.299 e. The van der Waals surface area contributed by atoms with Gasteiger partial charge < -0.3 is 0 Å². The van der Waals surface area contributed by atoms with E-state index in [1.54, 1.807) is 5.57 Å². The molecule has 0 aliphatic heterocycles. The first-order valence-electron chi connectivity index (χ1n) is 6.33. The van der Waals surface area contributed by atoms with Gasteiger partial charge in [-0.2, -0.15) is 0 Å². The standard InChI is InChI=1S/C14H18O/c1-8-5-9-3-4-13(2)7-11-12(15)6-10(8)14(9,11)13/h5,8,10-11H,3-4,6-7H2,1-2H3/t8-,10?,11-,13+,14?/m0/s1. The Morgan fingerprint density at radius 2 is 2.27 bits per heavy atom. The van der Waals surface area contributed by atoms with Crippen LogP contribution in [0.3, 0.4) is 0 Å². The van der Waals surface area contributed by atoms with Gasteiger partial charge in [0.15, 0.2) is 0 Å². The number of hydrogen-bond donors (Lipinski definition) is 0. The number of Topliss-reactive ketones (excluding diaryl/α,β-unsaturated/α-hetero) is 1. The topological polar surface area (TPSA) is 17.1 Å². The van der Waals surface area contributed by atoms with Gasteiger partial charge in [0, 0.05) is 17.8 Å². The highest BCUT2D eigenvalue weighted by atomic mass is 16.1. The van der Waals surface area contributed by atoms with E-state index >= 15 is 0 Å². The Labute approximate surface area is 90.9 Å². The van der Waals surface area contributed by atoms with Crippen molar-refractivity contribution in [3.8, 4) is 0 Å². The van der Waals surface area contributed by atoms with Crippen molar-refractivity contribution in [1.82, 2.24) is 0 Å². The summed E-state index contributed by atoms with van der Waals surface area (Å²) in [4.78, 5) is 12.0. The average molecular weight is 202 g/mol. The van der Waals surface area contributed by atoms with Crippen LogP contribution in [0, 0.1) is 28.6 Å². The predicted octanol–water partition coefficient (Wildman–Crippen LogP) is 2.96. The van der Waals surface area contributed by atoms with Gasteiger partial charge in [-0.1, -0.05) is 25.5 Å². The SMILES string of the molecule is C[C@H]1C=C2CC[C@]3(C)C[C@H]4C(=O)CC1C243. The molecule has 0 radical (unpaired) electrons. The van der Waals surface area contributed by atoms with Gasteiger partial charge in [-0.15, -0.1) is 0 Å². The summed E-state index contributed by atoms with van der Waals surface area (Å²) in [7, 11) is 0. The van der Waals surface area contributed by atoms with Gasteiger partial charge in [-0.25, -0.2) is 0 Å². The maximum absolute atomic E-state index is 12.0. The van der Waals surface area contributed by atoms with Gasteiger partial charge >= 0.3 is 0 Å². The smallest absolute Gasteiger partial charge is 0.137 e. The van der Waals surface area contributed by atoms with Crippen LogP contribution < -0.4 is 0 Å². The molecule has 0 aromatic heterocycles. The number of ketones is 1. The van der Waals surface area contributed by atoms with E-state index in [-0.39, 0.29) is 0 Å². The molecule has 0 saturated heterocycles. The van der Waals surface area contributed by atoms with Crippen LogP contribution in [0.1, 0.15) is 39.5 Å². The lowest BCUT2D eigenvalue weighted by Crippen LogP contribution is -2.55. The largest absolute Gasteiger partial charge is 0.299 e. The normalized spacial score (nSPS) is 60.0. The molecule has 0 N–H and O–H groups in total. The first-order chi connectivity index (χ1) is 7.09. The summed E-state index contributed by atoms with van der Waals surface area (Å²) in [6.07, 6.45) is 7.19. The van der Waals surface area contributed by atoms with Crippen molar-refractivity contribution in [2.45, 2.75) is 39.5 Å². The van der Waals surface area contributed by atoms with Crippen molar-refractivity contribution < 1.29 is 4.79 Å². The lowest BCUT2D eigenvalue weighted by atomic mass is 9.44. The first-order valence-corrected chi connectivity index (χ1v) is 6.33. The molecule has 80 valence electrons. The fraction of sp³-hybridized carbons (Fsp3) is 0.786. The number of hydrogen-bond acceptors (Lipinski definition) is 1. The molecule has 0 aromatic rings. The molecule has 3 fully saturated rings. The minimum absolute atomic E-state index is 0.365. The minimum atomic E-state index is 0.365. The van der Waals surface area contributed by atoms with E-state index in [1.807, 2.05) is 0 Å². The molecule has 0 heterocycles. The summed E-state index contributed by atoms with van der Waals surface area (Å²) in [6.45, 7) is 4.76. The van der Waals surface area contributed by atoms with Gasteiger partial charge in [0.2, 0.25) is 0 Å². The van der Waals surface area contributed by atoms with Crippen LogP contribution in [0.2, 0.25) is 0 Å². The fourth-order valence-electron chi connectivity index (χ4n) is 5.69. The van der Waals surface area contributed by atoms with E-state index in [9.17, 15) is 4.79 Å². The van der Waals surface area contributed by atoms with Crippen molar-refractivity contribution in [2.75, 3.05) is 0 Å². The third-order valence-electron chi connectivity index (χ3n) is 6.17. The Bertz CT molecular complexity index is 408. The molecule has 4 aliphatic rings. The van der Waals surface area contributed by atoms with E-state index in [0.717, 1.165) is 6.42 Å². The number of carbonyl (C=O) groups excluding carboxylic acids is 1. The molecule has 15 heavy (non-hydrogen) atoms. The summed E-state index contributed by atoms with van der Waals surface area (Å²) in [5, 5.41) is 0. The quantitative estimate of drug-likeness (QED) is 0.552. The lowest BCUT2D eigenvalue weighted by Gasteiger charge is -2.58. The van der Waals surface area contributed by atoms with Crippen LogP contribution in [0.4, 0.5) is 0 Å². The highest BCUT2D eigenvalue weighted by Gasteiger charge is 2.76. The first kappa shape index (κ1) is 8.55. The van der Waals surface area contributed by atoms with Gasteiger partial charge in [-0.3, -0.25) is 4.79 Å². The predicted molar refractivity (Wildman–Crippen MR) is 58.2 cm³/mol. The molecular weight excluding hydrogens is 184 g/mol. The van der Waals surface area contributed by atoms with E-state index < -0.39 is 0 Å². The molecule has 0 amide bonds. The van der Waals surface area contributed by atoms with Crippen molar-refractivity contribution in [3.05, 3.63) is 11.6 Å². The van der Waals surface area contributed by atoms with E-state index in [1.165, 1.54) is 19.3 Å². The molecule has 0 aromatic carbocycles. The monoisotopic (exact) mass is 202 g/mol. The van der Waals surface area contributed by atoms with Crippen molar-refractivity contribution in [3.63, 3.8) is 0 Å². The molecule has 1 spiro atoms. The van der Waals surface area contributed by atoms with Gasteiger partial charge in [0.25, 0.3) is 0 Å². The number of carbonyl (C=O) groups is 1. The average Bonchev–Trinajstić information content (AvgIpc) is 2.65. The van der Waals surface area contributed by atoms with Crippen molar-refractivity contribution in [1.29, 1.82) is 0 Å². The van der Waals surface area contributed by atoms with Crippen LogP contribution in [0.25, 0.3) is 0 Å². The highest BCUT2D eigenvalue weighted by molar-refractivity contribution is 5.88. The van der Waals surface area contributed by atoms with Gasteiger partial charge in [0.1, 0.15) is 5.78 Å². The zero-order valence-corrected chi connectivity index (χ0v) is 9.55. The Balaban J connectivity index is 1.96.